The molecule has 90 valence electrons. The molecule has 0 aromatic carbocycles. The van der Waals surface area contributed by atoms with Gasteiger partial charge >= 0.3 is 35.5 Å². The molecule has 0 aliphatic rings. The molecule has 0 aliphatic heterocycles. The Morgan fingerprint density at radius 1 is 1.12 bits per heavy atom. The molecule has 0 unspecified atom stereocenters. The number of carboxylic acid groups (broad SMARTS) is 1. The number of carbonyl (C=O) groups excluding carboxylic acids is 3. The molecule has 6 nitrogen and oxygen atoms in total. The summed E-state index contributed by atoms with van der Waals surface area (Å²) in [6.45, 7) is 9.14. The molecule has 0 fully saturated rings. The summed E-state index contributed by atoms with van der Waals surface area (Å²) in [5.74, 6) is -2.11. The van der Waals surface area contributed by atoms with E-state index in [2.05, 4.69) is 30.2 Å². The Morgan fingerprint density at radius 3 is 1.41 bits per heavy atom. The first-order chi connectivity index (χ1) is 7.35. The van der Waals surface area contributed by atoms with Crippen LogP contribution in [0, 0.1) is 0 Å². The van der Waals surface area contributed by atoms with Gasteiger partial charge in [0.2, 0.25) is 5.91 Å². The van der Waals surface area contributed by atoms with E-state index in [1.54, 1.807) is 0 Å². The standard InChI is InChI=1S/C4H6O2.C3H5NO.C3H4O2.Na/c1-3-4(5)6-2;2*1-2-3(4)5;/h3H,1H2,2H3;2H,1H2,(H2,4,5);2H,1H2,(H,4,5);/q;;;+1/p-1. The van der Waals surface area contributed by atoms with Crippen LogP contribution in [-0.2, 0) is 19.1 Å². The number of primary amides is 1. The summed E-state index contributed by atoms with van der Waals surface area (Å²) < 4.78 is 4.14. The van der Waals surface area contributed by atoms with Crippen molar-refractivity contribution in [2.24, 2.45) is 5.73 Å². The van der Waals surface area contributed by atoms with E-state index in [-0.39, 0.29) is 29.6 Å². The van der Waals surface area contributed by atoms with Gasteiger partial charge in [0, 0.05) is 6.08 Å². The van der Waals surface area contributed by atoms with Crippen molar-refractivity contribution in [1.29, 1.82) is 0 Å². The number of aliphatic carboxylic acids is 1. The van der Waals surface area contributed by atoms with Crippen LogP contribution in [0.5, 0.6) is 0 Å². The average Bonchev–Trinajstić information content (AvgIpc) is 2.29. The van der Waals surface area contributed by atoms with Crippen LogP contribution in [0.25, 0.3) is 0 Å². The number of nitrogens with two attached hydrogens (primary N) is 1. The first kappa shape index (κ1) is 24.7. The third-order valence-electron chi connectivity index (χ3n) is 0.736. The fourth-order valence-corrected chi connectivity index (χ4v) is 0.0833. The number of methoxy groups -OCH3 is 1. The minimum atomic E-state index is -1.23. The predicted octanol–water partition coefficient (Wildman–Crippen LogP) is -4.07. The van der Waals surface area contributed by atoms with E-state index in [9.17, 15) is 9.59 Å². The van der Waals surface area contributed by atoms with Crippen LogP contribution >= 0.6 is 0 Å². The Bertz CT molecular complexity index is 258. The molecule has 0 bridgehead atoms. The van der Waals surface area contributed by atoms with Crippen molar-refractivity contribution >= 4 is 17.8 Å². The molecule has 7 heteroatoms. The van der Waals surface area contributed by atoms with Crippen LogP contribution in [0.1, 0.15) is 0 Å². The van der Waals surface area contributed by atoms with Gasteiger partial charge in [0.1, 0.15) is 0 Å². The molecule has 0 heterocycles. The molecule has 0 saturated heterocycles. The number of carbonyl (C=O) groups is 3. The molecule has 0 rings (SSSR count). The van der Waals surface area contributed by atoms with Crippen molar-refractivity contribution in [2.75, 3.05) is 7.11 Å². The summed E-state index contributed by atoms with van der Waals surface area (Å²) in [6.07, 6.45) is 2.89. The quantitative estimate of drug-likeness (QED) is 0.312. The number of esters is 1. The second-order valence-corrected chi connectivity index (χ2v) is 1.86. The number of hydrogen-bond acceptors (Lipinski definition) is 5. The summed E-state index contributed by atoms with van der Waals surface area (Å²) in [6, 6.07) is 0. The van der Waals surface area contributed by atoms with Crippen LogP contribution in [0.4, 0.5) is 0 Å². The maximum absolute atomic E-state index is 9.84. The topological polar surface area (TPSA) is 110 Å². The minimum Gasteiger partial charge on any atom is -0.545 e. The largest absolute Gasteiger partial charge is 1.00 e. The zero-order valence-electron chi connectivity index (χ0n) is 9.97. The molecule has 0 radical (unpaired) electrons. The molecule has 17 heavy (non-hydrogen) atoms. The van der Waals surface area contributed by atoms with Gasteiger partial charge in [-0.3, -0.25) is 4.79 Å². The van der Waals surface area contributed by atoms with E-state index in [1.807, 2.05) is 0 Å². The van der Waals surface area contributed by atoms with E-state index < -0.39 is 17.8 Å². The number of amides is 1. The molecule has 2 N–H and O–H groups in total. The van der Waals surface area contributed by atoms with Gasteiger partial charge in [0.25, 0.3) is 0 Å². The van der Waals surface area contributed by atoms with E-state index in [4.69, 9.17) is 9.90 Å². The van der Waals surface area contributed by atoms with Crippen LogP contribution in [0.2, 0.25) is 0 Å². The van der Waals surface area contributed by atoms with E-state index in [1.165, 1.54) is 7.11 Å². The summed E-state index contributed by atoms with van der Waals surface area (Å²) in [5.41, 5.74) is 4.53. The SMILES string of the molecule is C=CC(=O)OC.C=CC(=O)[O-].C=CC(N)=O.[Na+]. The molecule has 0 aliphatic carbocycles. The third-order valence-corrected chi connectivity index (χ3v) is 0.736. The Morgan fingerprint density at radius 2 is 1.41 bits per heavy atom. The summed E-state index contributed by atoms with van der Waals surface area (Å²) in [4.78, 5) is 28.5. The molecule has 0 saturated carbocycles. The smallest absolute Gasteiger partial charge is 0.545 e. The molecular formula is C10H14NNaO5. The maximum Gasteiger partial charge on any atom is 1.00 e. The molecule has 0 aromatic heterocycles. The summed E-state index contributed by atoms with van der Waals surface area (Å²) in [5, 5.41) is 9.14. The summed E-state index contributed by atoms with van der Waals surface area (Å²) in [7, 11) is 1.31. The predicted molar refractivity (Wildman–Crippen MR) is 56.8 cm³/mol. The van der Waals surface area contributed by atoms with Gasteiger partial charge in [-0.15, -0.1) is 0 Å². The van der Waals surface area contributed by atoms with Gasteiger partial charge in [-0.2, -0.15) is 0 Å². The normalized spacial score (nSPS) is 6.18. The number of carboxylic acids is 1. The monoisotopic (exact) mass is 251 g/mol. The minimum absolute atomic E-state index is 0. The van der Waals surface area contributed by atoms with Gasteiger partial charge in [0.15, 0.2) is 0 Å². The molecule has 0 spiro atoms. The molecule has 0 aromatic rings. The van der Waals surface area contributed by atoms with Gasteiger partial charge in [-0.05, 0) is 12.2 Å². The van der Waals surface area contributed by atoms with Crippen LogP contribution < -0.4 is 40.4 Å². The first-order valence-electron chi connectivity index (χ1n) is 3.81. The van der Waals surface area contributed by atoms with Crippen molar-refractivity contribution in [3.8, 4) is 0 Å². The Hall–Kier alpha value is -1.37. The van der Waals surface area contributed by atoms with Crippen molar-refractivity contribution < 1.29 is 53.8 Å². The van der Waals surface area contributed by atoms with Crippen molar-refractivity contribution in [3.63, 3.8) is 0 Å². The fraction of sp³-hybridized carbons (Fsp3) is 0.100. The van der Waals surface area contributed by atoms with Crippen LogP contribution in [0.3, 0.4) is 0 Å². The summed E-state index contributed by atoms with van der Waals surface area (Å²) >= 11 is 0. The Balaban J connectivity index is -0.0000000729. The van der Waals surface area contributed by atoms with Crippen LogP contribution in [0.15, 0.2) is 38.0 Å². The maximum atomic E-state index is 9.84. The van der Waals surface area contributed by atoms with E-state index in [0.29, 0.717) is 0 Å². The Kier molecular flexibility index (Phi) is 29.2. The van der Waals surface area contributed by atoms with E-state index in [0.717, 1.165) is 18.2 Å². The first-order valence-corrected chi connectivity index (χ1v) is 3.81. The van der Waals surface area contributed by atoms with Gasteiger partial charge in [-0.25, -0.2) is 4.79 Å². The second-order valence-electron chi connectivity index (χ2n) is 1.86. The zero-order valence-corrected chi connectivity index (χ0v) is 12.0. The van der Waals surface area contributed by atoms with Crippen LogP contribution in [-0.4, -0.2) is 25.0 Å². The van der Waals surface area contributed by atoms with Gasteiger partial charge < -0.3 is 20.4 Å². The fourth-order valence-electron chi connectivity index (χ4n) is 0.0833. The average molecular weight is 251 g/mol. The second kappa shape index (κ2) is 20.1. The van der Waals surface area contributed by atoms with Crippen molar-refractivity contribution in [1.82, 2.24) is 0 Å². The third kappa shape index (κ3) is 53.1. The van der Waals surface area contributed by atoms with Gasteiger partial charge in [0.05, 0.1) is 13.1 Å². The van der Waals surface area contributed by atoms with E-state index >= 15 is 0 Å². The Labute approximate surface area is 122 Å². The number of ether oxygens (including phenoxy) is 1. The van der Waals surface area contributed by atoms with Crippen molar-refractivity contribution in [2.45, 2.75) is 0 Å². The number of hydrogen-bond donors (Lipinski definition) is 1. The molecule has 1 amide bonds. The van der Waals surface area contributed by atoms with Gasteiger partial charge in [-0.1, -0.05) is 19.7 Å². The number of rotatable bonds is 3. The molecular weight excluding hydrogens is 237 g/mol. The zero-order chi connectivity index (χ0) is 13.6. The van der Waals surface area contributed by atoms with Crippen molar-refractivity contribution in [3.05, 3.63) is 38.0 Å². The molecule has 0 atom stereocenters.